The van der Waals surface area contributed by atoms with Crippen LogP contribution in [0.3, 0.4) is 0 Å². The Hall–Kier alpha value is -2.75. The molecule has 2 aliphatic rings. The molecule has 0 aromatic heterocycles. The van der Waals surface area contributed by atoms with Crippen molar-refractivity contribution in [3.8, 4) is 23.0 Å². The van der Waals surface area contributed by atoms with E-state index in [-0.39, 0.29) is 29.4 Å². The van der Waals surface area contributed by atoms with Crippen LogP contribution in [0.25, 0.3) is 10.8 Å². The minimum Gasteiger partial charge on any atom is -0.504 e. The van der Waals surface area contributed by atoms with Gasteiger partial charge in [-0.05, 0) is 17.5 Å². The summed E-state index contributed by atoms with van der Waals surface area (Å²) in [5.41, 5.74) is -0.766. The van der Waals surface area contributed by atoms with Crippen LogP contribution in [0.4, 0.5) is 0 Å². The normalized spacial score (nSPS) is 32.9. The smallest absolute Gasteiger partial charge is 0.220 e. The van der Waals surface area contributed by atoms with E-state index in [1.54, 1.807) is 0 Å². The second-order valence-electron chi connectivity index (χ2n) is 8.66. The summed E-state index contributed by atoms with van der Waals surface area (Å²) in [7, 11) is 0. The van der Waals surface area contributed by atoms with E-state index in [4.69, 9.17) is 18.9 Å². The first-order valence-corrected chi connectivity index (χ1v) is 11.2. The summed E-state index contributed by atoms with van der Waals surface area (Å²) in [5.74, 6) is -2.60. The van der Waals surface area contributed by atoms with Crippen molar-refractivity contribution in [2.75, 3.05) is 13.2 Å². The van der Waals surface area contributed by atoms with Gasteiger partial charge in [-0.3, -0.25) is 4.79 Å². The zero-order chi connectivity index (χ0) is 26.1. The summed E-state index contributed by atoms with van der Waals surface area (Å²) in [5, 5.41) is 80.5. The Labute approximate surface area is 203 Å². The number of benzene rings is 1. The Kier molecular flexibility index (Phi) is 7.82. The molecule has 2 fully saturated rings. The highest BCUT2D eigenvalue weighted by molar-refractivity contribution is 5.96. The molecule has 0 saturated carbocycles. The van der Waals surface area contributed by atoms with Gasteiger partial charge >= 0.3 is 0 Å². The monoisotopic (exact) mass is 512 g/mol. The van der Waals surface area contributed by atoms with E-state index >= 15 is 0 Å². The Bertz CT molecular complexity index is 1140. The van der Waals surface area contributed by atoms with Crippen LogP contribution >= 0.6 is 0 Å². The maximum absolute atomic E-state index is 11.8. The number of ether oxygens (including phenoxy) is 4. The highest BCUT2D eigenvalue weighted by atomic mass is 16.7. The molecule has 2 aromatic rings. The molecule has 13 heteroatoms. The number of phenols is 2. The summed E-state index contributed by atoms with van der Waals surface area (Å²) in [4.78, 5) is 11.8. The van der Waals surface area contributed by atoms with Crippen molar-refractivity contribution in [2.24, 2.45) is 0 Å². The number of hydrogen-bond acceptors (Lipinski definition) is 13. The molecule has 0 spiro atoms. The highest BCUT2D eigenvalue weighted by Crippen LogP contribution is 2.44. The van der Waals surface area contributed by atoms with E-state index in [0.717, 1.165) is 6.07 Å². The van der Waals surface area contributed by atoms with Crippen molar-refractivity contribution in [1.82, 2.24) is 0 Å². The molecule has 8 N–H and O–H groups in total. The molecule has 2 aliphatic heterocycles. The molecule has 13 nitrogen and oxygen atoms in total. The van der Waals surface area contributed by atoms with E-state index < -0.39 is 85.1 Å². The Morgan fingerprint density at radius 1 is 0.861 bits per heavy atom. The molecule has 198 valence electrons. The predicted molar refractivity (Wildman–Crippen MR) is 119 cm³/mol. The van der Waals surface area contributed by atoms with Crippen molar-refractivity contribution >= 4 is 10.8 Å². The minimum absolute atomic E-state index is 0.154. The number of rotatable bonds is 6. The van der Waals surface area contributed by atoms with E-state index in [9.17, 15) is 45.6 Å². The Morgan fingerprint density at radius 3 is 2.22 bits per heavy atom. The van der Waals surface area contributed by atoms with Crippen LogP contribution in [-0.4, -0.2) is 103 Å². The molecule has 2 heterocycles. The predicted octanol–water partition coefficient (Wildman–Crippen LogP) is -1.62. The first-order valence-electron chi connectivity index (χ1n) is 11.2. The average molecular weight is 512 g/mol. The summed E-state index contributed by atoms with van der Waals surface area (Å²) in [6.07, 6.45) is -9.90. The molecule has 7 unspecified atom stereocenters. The van der Waals surface area contributed by atoms with Gasteiger partial charge < -0.3 is 59.8 Å². The van der Waals surface area contributed by atoms with Gasteiger partial charge in [0.25, 0.3) is 0 Å². The maximum Gasteiger partial charge on any atom is 0.220 e. The van der Waals surface area contributed by atoms with E-state index in [2.05, 4.69) is 0 Å². The third kappa shape index (κ3) is 5.05. The quantitative estimate of drug-likeness (QED) is 0.204. The standard InChI is InChI=1S/C23H28O13/c24-7-14-19(29)11(27)5-17(34-14)36-23-12(28)6-16(35-15(23)8-25)33-13-4-9-2-1-3-10(26)20(30)18(9)22(32)21(13)31/h1-4,11-12,14-17,19,23-25,27-29,31-32H,5-8H2,(H,26,30)/t11?,12?,14?,15?,16?,17?,19?,23-/m0/s1. The number of aliphatic hydroxyl groups is 5. The molecule has 0 amide bonds. The van der Waals surface area contributed by atoms with Gasteiger partial charge in [-0.1, -0.05) is 12.1 Å². The van der Waals surface area contributed by atoms with Crippen LogP contribution < -0.4 is 10.2 Å². The molecule has 36 heavy (non-hydrogen) atoms. The number of fused-ring (bicyclic) bond motifs is 1. The fourth-order valence-corrected chi connectivity index (χ4v) is 4.34. The van der Waals surface area contributed by atoms with Crippen LogP contribution in [0.2, 0.25) is 0 Å². The third-order valence-corrected chi connectivity index (χ3v) is 6.23. The average Bonchev–Trinajstić information content (AvgIpc) is 2.98. The lowest BCUT2D eigenvalue weighted by Gasteiger charge is -2.42. The van der Waals surface area contributed by atoms with Gasteiger partial charge in [0.2, 0.25) is 17.5 Å². The van der Waals surface area contributed by atoms with Gasteiger partial charge in [0, 0.05) is 12.8 Å². The highest BCUT2D eigenvalue weighted by Gasteiger charge is 2.44. The molecule has 8 atom stereocenters. The van der Waals surface area contributed by atoms with Crippen LogP contribution in [0.5, 0.6) is 23.0 Å². The van der Waals surface area contributed by atoms with Gasteiger partial charge in [-0.15, -0.1) is 0 Å². The van der Waals surface area contributed by atoms with Crippen LogP contribution in [0.1, 0.15) is 12.8 Å². The van der Waals surface area contributed by atoms with Crippen molar-refractivity contribution < 1.29 is 59.8 Å². The SMILES string of the molecule is O=c1cccc2cc(OC3CC(O)[C@H](OC4CC(O)C(O)C(CO)O4)C(CO)O3)c(O)c(O)c2c1O. The summed E-state index contributed by atoms with van der Waals surface area (Å²) < 4.78 is 22.4. The van der Waals surface area contributed by atoms with E-state index in [0.29, 0.717) is 0 Å². The first-order chi connectivity index (χ1) is 17.1. The zero-order valence-electron chi connectivity index (χ0n) is 18.9. The largest absolute Gasteiger partial charge is 0.504 e. The van der Waals surface area contributed by atoms with Crippen LogP contribution in [0.15, 0.2) is 29.1 Å². The molecular formula is C23H28O13. The summed E-state index contributed by atoms with van der Waals surface area (Å²) in [6, 6.07) is 5.10. The molecule has 0 aliphatic carbocycles. The van der Waals surface area contributed by atoms with E-state index in [1.807, 2.05) is 0 Å². The number of hydrogen-bond donors (Lipinski definition) is 8. The molecule has 2 aromatic carbocycles. The fourth-order valence-electron chi connectivity index (χ4n) is 4.34. The lowest BCUT2D eigenvalue weighted by atomic mass is 9.99. The molecule has 4 rings (SSSR count). The van der Waals surface area contributed by atoms with Gasteiger partial charge in [-0.25, -0.2) is 0 Å². The lowest BCUT2D eigenvalue weighted by Crippen LogP contribution is -2.56. The molecule has 2 saturated heterocycles. The molecule has 0 bridgehead atoms. The second-order valence-corrected chi connectivity index (χ2v) is 8.66. The van der Waals surface area contributed by atoms with E-state index in [1.165, 1.54) is 18.2 Å². The fraction of sp³-hybridized carbons (Fsp3) is 0.522. The van der Waals surface area contributed by atoms with Crippen molar-refractivity contribution in [3.63, 3.8) is 0 Å². The lowest BCUT2D eigenvalue weighted by molar-refractivity contribution is -0.313. The van der Waals surface area contributed by atoms with Gasteiger partial charge in [-0.2, -0.15) is 0 Å². The van der Waals surface area contributed by atoms with Gasteiger partial charge in [0.05, 0.1) is 30.8 Å². The number of aromatic hydroxyl groups is 3. The van der Waals surface area contributed by atoms with Crippen LogP contribution in [0, 0.1) is 0 Å². The Morgan fingerprint density at radius 2 is 1.53 bits per heavy atom. The molecule has 0 radical (unpaired) electrons. The minimum atomic E-state index is -1.32. The van der Waals surface area contributed by atoms with Crippen molar-refractivity contribution in [1.29, 1.82) is 0 Å². The van der Waals surface area contributed by atoms with Gasteiger partial charge in [0.1, 0.15) is 24.4 Å². The summed E-state index contributed by atoms with van der Waals surface area (Å²) >= 11 is 0. The second kappa shape index (κ2) is 10.7. The first kappa shape index (κ1) is 26.3. The number of phenolic OH excluding ortho intramolecular Hbond substituents is 2. The third-order valence-electron chi connectivity index (χ3n) is 6.23. The zero-order valence-corrected chi connectivity index (χ0v) is 18.9. The molecular weight excluding hydrogens is 484 g/mol. The maximum atomic E-state index is 11.8. The van der Waals surface area contributed by atoms with Gasteiger partial charge in [0.15, 0.2) is 23.5 Å². The topological polar surface area (TPSA) is 216 Å². The van der Waals surface area contributed by atoms with Crippen molar-refractivity contribution in [3.05, 3.63) is 34.5 Å². The van der Waals surface area contributed by atoms with Crippen molar-refractivity contribution in [2.45, 2.75) is 62.0 Å². The Balaban J connectivity index is 1.51. The summed E-state index contributed by atoms with van der Waals surface area (Å²) in [6.45, 7) is -1.19. The number of aliphatic hydroxyl groups excluding tert-OH is 5. The van der Waals surface area contributed by atoms with Crippen LogP contribution in [-0.2, 0) is 14.2 Å².